The van der Waals surface area contributed by atoms with E-state index in [4.69, 9.17) is 0 Å². The predicted molar refractivity (Wildman–Crippen MR) is 94.8 cm³/mol. The highest BCUT2D eigenvalue weighted by atomic mass is 16.2. The van der Waals surface area contributed by atoms with Gasteiger partial charge in [0.15, 0.2) is 0 Å². The molecular formula is C18H29N3O2. The van der Waals surface area contributed by atoms with Gasteiger partial charge in [-0.05, 0) is 38.6 Å². The number of rotatable bonds is 8. The minimum atomic E-state index is -0.0323. The van der Waals surface area contributed by atoms with Gasteiger partial charge >= 0.3 is 0 Å². The Morgan fingerprint density at radius 2 is 1.87 bits per heavy atom. The third-order valence-corrected chi connectivity index (χ3v) is 3.80. The summed E-state index contributed by atoms with van der Waals surface area (Å²) >= 11 is 0. The van der Waals surface area contributed by atoms with Gasteiger partial charge in [0.05, 0.1) is 0 Å². The number of amides is 2. The first-order chi connectivity index (χ1) is 10.9. The molecule has 1 aromatic carbocycles. The monoisotopic (exact) mass is 319 g/mol. The molecule has 0 spiro atoms. The van der Waals surface area contributed by atoms with E-state index in [1.54, 1.807) is 11.8 Å². The summed E-state index contributed by atoms with van der Waals surface area (Å²) in [5, 5.41) is 2.88. The highest BCUT2D eigenvalue weighted by molar-refractivity contribution is 5.94. The molecule has 0 unspecified atom stereocenters. The van der Waals surface area contributed by atoms with Crippen molar-refractivity contribution in [2.75, 3.05) is 38.6 Å². The van der Waals surface area contributed by atoms with E-state index in [0.29, 0.717) is 19.5 Å². The Morgan fingerprint density at radius 3 is 2.43 bits per heavy atom. The number of hydrogen-bond donors (Lipinski definition) is 1. The quantitative estimate of drug-likeness (QED) is 0.797. The van der Waals surface area contributed by atoms with Crippen LogP contribution in [0.4, 0.5) is 5.69 Å². The number of carbonyl (C=O) groups is 2. The van der Waals surface area contributed by atoms with E-state index < -0.39 is 0 Å². The van der Waals surface area contributed by atoms with Crippen molar-refractivity contribution in [3.05, 3.63) is 29.3 Å². The first-order valence-corrected chi connectivity index (χ1v) is 8.14. The van der Waals surface area contributed by atoms with E-state index in [-0.39, 0.29) is 11.8 Å². The molecule has 2 amide bonds. The molecule has 0 saturated carbocycles. The van der Waals surface area contributed by atoms with Crippen molar-refractivity contribution < 1.29 is 9.59 Å². The highest BCUT2D eigenvalue weighted by Crippen LogP contribution is 2.26. The van der Waals surface area contributed by atoms with E-state index in [1.807, 2.05) is 44.1 Å². The maximum Gasteiger partial charge on any atom is 0.223 e. The van der Waals surface area contributed by atoms with Crippen LogP contribution < -0.4 is 10.2 Å². The van der Waals surface area contributed by atoms with Crippen molar-refractivity contribution >= 4 is 17.5 Å². The summed E-state index contributed by atoms with van der Waals surface area (Å²) in [6.07, 6.45) is 1.17. The fourth-order valence-corrected chi connectivity index (χ4v) is 2.54. The molecule has 5 nitrogen and oxygen atoms in total. The third-order valence-electron chi connectivity index (χ3n) is 3.80. The largest absolute Gasteiger partial charge is 0.355 e. The number of nitrogens with one attached hydrogen (secondary N) is 1. The van der Waals surface area contributed by atoms with Gasteiger partial charge in [0.25, 0.3) is 0 Å². The van der Waals surface area contributed by atoms with Crippen molar-refractivity contribution in [2.24, 2.45) is 0 Å². The van der Waals surface area contributed by atoms with Gasteiger partial charge in [0.1, 0.15) is 0 Å². The zero-order chi connectivity index (χ0) is 17.4. The smallest absolute Gasteiger partial charge is 0.223 e. The van der Waals surface area contributed by atoms with Crippen LogP contribution in [0.2, 0.25) is 0 Å². The minimum Gasteiger partial charge on any atom is -0.355 e. The normalized spacial score (nSPS) is 10.7. The summed E-state index contributed by atoms with van der Waals surface area (Å²) in [4.78, 5) is 27.8. The Morgan fingerprint density at radius 1 is 1.17 bits per heavy atom. The Bertz CT molecular complexity index is 541. The topological polar surface area (TPSA) is 52.7 Å². The lowest BCUT2D eigenvalue weighted by Crippen LogP contribution is -2.36. The van der Waals surface area contributed by atoms with Crippen molar-refractivity contribution in [1.29, 1.82) is 0 Å². The van der Waals surface area contributed by atoms with Gasteiger partial charge in [-0.25, -0.2) is 0 Å². The van der Waals surface area contributed by atoms with Crippen LogP contribution in [-0.4, -0.2) is 50.4 Å². The summed E-state index contributed by atoms with van der Waals surface area (Å²) in [7, 11) is 3.93. The number of aryl methyl sites for hydroxylation is 2. The van der Waals surface area contributed by atoms with Crippen molar-refractivity contribution in [1.82, 2.24) is 10.2 Å². The van der Waals surface area contributed by atoms with Crippen LogP contribution in [0.3, 0.4) is 0 Å². The lowest BCUT2D eigenvalue weighted by atomic mass is 10.0. The van der Waals surface area contributed by atoms with Gasteiger partial charge in [-0.1, -0.05) is 25.1 Å². The summed E-state index contributed by atoms with van der Waals surface area (Å²) in [5.41, 5.74) is 3.14. The molecule has 5 heteroatoms. The molecule has 0 heterocycles. The molecule has 0 fully saturated rings. The van der Waals surface area contributed by atoms with E-state index in [0.717, 1.165) is 29.8 Å². The number of nitrogens with zero attached hydrogens (tertiary/aromatic N) is 2. The second-order valence-corrected chi connectivity index (χ2v) is 6.01. The first kappa shape index (κ1) is 19.2. The Balaban J connectivity index is 2.74. The van der Waals surface area contributed by atoms with E-state index in [2.05, 4.69) is 12.2 Å². The Kier molecular flexibility index (Phi) is 7.75. The molecule has 0 atom stereocenters. The second kappa shape index (κ2) is 9.30. The van der Waals surface area contributed by atoms with Crippen LogP contribution in [0.1, 0.15) is 31.4 Å². The zero-order valence-corrected chi connectivity index (χ0v) is 15.0. The third kappa shape index (κ3) is 6.02. The molecule has 128 valence electrons. The summed E-state index contributed by atoms with van der Waals surface area (Å²) in [6.45, 7) is 7.46. The second-order valence-electron chi connectivity index (χ2n) is 6.01. The van der Waals surface area contributed by atoms with Gasteiger partial charge in [-0.2, -0.15) is 0 Å². The highest BCUT2D eigenvalue weighted by Gasteiger charge is 2.18. The summed E-state index contributed by atoms with van der Waals surface area (Å²) in [6, 6.07) is 6.04. The van der Waals surface area contributed by atoms with Gasteiger partial charge in [0.2, 0.25) is 11.8 Å². The molecule has 1 aromatic rings. The van der Waals surface area contributed by atoms with Crippen molar-refractivity contribution in [2.45, 2.75) is 33.6 Å². The van der Waals surface area contributed by atoms with Crippen LogP contribution in [-0.2, 0) is 16.0 Å². The zero-order valence-electron chi connectivity index (χ0n) is 15.0. The molecule has 0 aromatic heterocycles. The van der Waals surface area contributed by atoms with Crippen LogP contribution in [0.5, 0.6) is 0 Å². The van der Waals surface area contributed by atoms with Crippen LogP contribution >= 0.6 is 0 Å². The molecule has 0 saturated heterocycles. The Labute approximate surface area is 139 Å². The summed E-state index contributed by atoms with van der Waals surface area (Å²) < 4.78 is 0. The van der Waals surface area contributed by atoms with Gasteiger partial charge in [-0.15, -0.1) is 0 Å². The SMILES string of the molecule is CCc1cccc(C)c1N(CCC(=O)NCCN(C)C)C(C)=O. The summed E-state index contributed by atoms with van der Waals surface area (Å²) in [5.74, 6) is -0.0557. The molecular weight excluding hydrogens is 290 g/mol. The van der Waals surface area contributed by atoms with Gasteiger partial charge in [0, 0.05) is 38.7 Å². The van der Waals surface area contributed by atoms with Crippen molar-refractivity contribution in [3.63, 3.8) is 0 Å². The maximum absolute atomic E-state index is 12.1. The van der Waals surface area contributed by atoms with Crippen LogP contribution in [0, 0.1) is 6.92 Å². The Hall–Kier alpha value is -1.88. The molecule has 0 aliphatic carbocycles. The fourth-order valence-electron chi connectivity index (χ4n) is 2.54. The van der Waals surface area contributed by atoms with E-state index in [9.17, 15) is 9.59 Å². The average molecular weight is 319 g/mol. The van der Waals surface area contributed by atoms with Gasteiger partial charge < -0.3 is 15.1 Å². The van der Waals surface area contributed by atoms with Crippen molar-refractivity contribution in [3.8, 4) is 0 Å². The maximum atomic E-state index is 12.1. The lowest BCUT2D eigenvalue weighted by Gasteiger charge is -2.25. The van der Waals surface area contributed by atoms with Crippen LogP contribution in [0.15, 0.2) is 18.2 Å². The van der Waals surface area contributed by atoms with Gasteiger partial charge in [-0.3, -0.25) is 9.59 Å². The van der Waals surface area contributed by atoms with E-state index >= 15 is 0 Å². The number of carbonyl (C=O) groups excluding carboxylic acids is 2. The average Bonchev–Trinajstić information content (AvgIpc) is 2.48. The number of likely N-dealkylation sites (N-methyl/N-ethyl adjacent to an activating group) is 1. The number of benzene rings is 1. The first-order valence-electron chi connectivity index (χ1n) is 8.14. The molecule has 23 heavy (non-hydrogen) atoms. The molecule has 1 N–H and O–H groups in total. The lowest BCUT2D eigenvalue weighted by molar-refractivity contribution is -0.121. The minimum absolute atomic E-state index is 0.0234. The number of para-hydroxylation sites is 1. The molecule has 1 rings (SSSR count). The molecule has 0 bridgehead atoms. The molecule has 0 aliphatic rings. The molecule has 0 aliphatic heterocycles. The standard InChI is InChI=1S/C18H29N3O2/c1-6-16-9-7-8-14(2)18(16)21(15(3)22)12-10-17(23)19-11-13-20(4)5/h7-9H,6,10-13H2,1-5H3,(H,19,23). The molecule has 0 radical (unpaired) electrons. The number of anilines is 1. The number of hydrogen-bond acceptors (Lipinski definition) is 3. The van der Waals surface area contributed by atoms with Crippen LogP contribution in [0.25, 0.3) is 0 Å². The fraction of sp³-hybridized carbons (Fsp3) is 0.556. The predicted octanol–water partition coefficient (Wildman–Crippen LogP) is 1.98. The van der Waals surface area contributed by atoms with E-state index in [1.165, 1.54) is 0 Å².